The zero-order valence-corrected chi connectivity index (χ0v) is 12.5. The summed E-state index contributed by atoms with van der Waals surface area (Å²) in [6.07, 6.45) is 2.33. The molecule has 0 saturated carbocycles. The average molecular weight is 272 g/mol. The van der Waals surface area contributed by atoms with Crippen LogP contribution in [0.4, 0.5) is 0 Å². The van der Waals surface area contributed by atoms with Gasteiger partial charge in [-0.3, -0.25) is 0 Å². The summed E-state index contributed by atoms with van der Waals surface area (Å²) in [6.45, 7) is 8.60. The van der Waals surface area contributed by atoms with Crippen LogP contribution in [0.15, 0.2) is 23.1 Å². The van der Waals surface area contributed by atoms with Gasteiger partial charge in [0.25, 0.3) is 0 Å². The second-order valence-electron chi connectivity index (χ2n) is 4.24. The Morgan fingerprint density at radius 2 is 2.12 bits per heavy atom. The SMILES string of the molecule is CCCNCc1cccc(Cl)c1SC(C)CC. The first-order valence-corrected chi connectivity index (χ1v) is 7.59. The zero-order chi connectivity index (χ0) is 12.7. The average Bonchev–Trinajstić information content (AvgIpc) is 2.33. The molecule has 17 heavy (non-hydrogen) atoms. The molecule has 1 rings (SSSR count). The number of halogens is 1. The molecule has 1 nitrogen and oxygen atoms in total. The van der Waals surface area contributed by atoms with E-state index in [9.17, 15) is 0 Å². The van der Waals surface area contributed by atoms with Crippen molar-refractivity contribution in [3.63, 3.8) is 0 Å². The fourth-order valence-electron chi connectivity index (χ4n) is 1.51. The molecule has 1 atom stereocenters. The van der Waals surface area contributed by atoms with Gasteiger partial charge in [0.2, 0.25) is 0 Å². The van der Waals surface area contributed by atoms with E-state index < -0.39 is 0 Å². The van der Waals surface area contributed by atoms with Gasteiger partial charge in [0.15, 0.2) is 0 Å². The quantitative estimate of drug-likeness (QED) is 0.568. The van der Waals surface area contributed by atoms with Crippen LogP contribution < -0.4 is 5.32 Å². The molecule has 0 amide bonds. The molecule has 0 spiro atoms. The van der Waals surface area contributed by atoms with E-state index in [0.717, 1.165) is 31.0 Å². The molecular formula is C14H22ClNS. The lowest BCUT2D eigenvalue weighted by Crippen LogP contribution is -2.14. The lowest BCUT2D eigenvalue weighted by atomic mass is 10.2. The minimum atomic E-state index is 0.611. The van der Waals surface area contributed by atoms with E-state index >= 15 is 0 Å². The second kappa shape index (κ2) is 8.02. The third-order valence-corrected chi connectivity index (χ3v) is 4.57. The molecule has 0 fully saturated rings. The summed E-state index contributed by atoms with van der Waals surface area (Å²) >= 11 is 8.18. The van der Waals surface area contributed by atoms with Crippen molar-refractivity contribution < 1.29 is 0 Å². The van der Waals surface area contributed by atoms with Crippen LogP contribution in [0.2, 0.25) is 5.02 Å². The largest absolute Gasteiger partial charge is 0.313 e. The number of hydrogen-bond donors (Lipinski definition) is 1. The van der Waals surface area contributed by atoms with Gasteiger partial charge in [-0.05, 0) is 31.0 Å². The topological polar surface area (TPSA) is 12.0 Å². The van der Waals surface area contributed by atoms with Gasteiger partial charge in [0.1, 0.15) is 0 Å². The molecule has 0 radical (unpaired) electrons. The Labute approximate surface area is 114 Å². The van der Waals surface area contributed by atoms with E-state index in [0.29, 0.717) is 5.25 Å². The first-order chi connectivity index (χ1) is 8.19. The molecule has 0 heterocycles. The standard InChI is InChI=1S/C14H22ClNS/c1-4-9-16-10-12-7-6-8-13(15)14(12)17-11(3)5-2/h6-8,11,16H,4-5,9-10H2,1-3H3. The van der Waals surface area contributed by atoms with E-state index in [-0.39, 0.29) is 0 Å². The molecule has 96 valence electrons. The predicted octanol–water partition coefficient (Wildman–Crippen LogP) is 4.73. The first kappa shape index (κ1) is 14.9. The van der Waals surface area contributed by atoms with E-state index in [1.54, 1.807) is 0 Å². The number of thioether (sulfide) groups is 1. The Morgan fingerprint density at radius 3 is 2.76 bits per heavy atom. The van der Waals surface area contributed by atoms with Gasteiger partial charge in [-0.15, -0.1) is 11.8 Å². The monoisotopic (exact) mass is 271 g/mol. The van der Waals surface area contributed by atoms with E-state index in [1.807, 2.05) is 23.9 Å². The van der Waals surface area contributed by atoms with E-state index in [4.69, 9.17) is 11.6 Å². The molecule has 0 bridgehead atoms. The summed E-state index contributed by atoms with van der Waals surface area (Å²) in [5.41, 5.74) is 1.32. The third-order valence-electron chi connectivity index (χ3n) is 2.68. The van der Waals surface area contributed by atoms with Crippen molar-refractivity contribution in [1.82, 2.24) is 5.32 Å². The summed E-state index contributed by atoms with van der Waals surface area (Å²) in [6, 6.07) is 6.18. The van der Waals surface area contributed by atoms with Crippen LogP contribution in [0.3, 0.4) is 0 Å². The van der Waals surface area contributed by atoms with Gasteiger partial charge in [0, 0.05) is 16.7 Å². The highest BCUT2D eigenvalue weighted by molar-refractivity contribution is 8.00. The number of hydrogen-bond acceptors (Lipinski definition) is 2. The molecule has 0 aliphatic rings. The summed E-state index contributed by atoms with van der Waals surface area (Å²) < 4.78 is 0. The predicted molar refractivity (Wildman–Crippen MR) is 79.1 cm³/mol. The normalized spacial score (nSPS) is 12.7. The highest BCUT2D eigenvalue weighted by atomic mass is 35.5. The maximum atomic E-state index is 6.29. The van der Waals surface area contributed by atoms with Crippen LogP contribution in [0.25, 0.3) is 0 Å². The molecule has 1 N–H and O–H groups in total. The zero-order valence-electron chi connectivity index (χ0n) is 10.9. The first-order valence-electron chi connectivity index (χ1n) is 6.33. The third kappa shape index (κ3) is 4.90. The molecule has 0 aromatic heterocycles. The highest BCUT2D eigenvalue weighted by Gasteiger charge is 2.10. The van der Waals surface area contributed by atoms with Crippen molar-refractivity contribution in [3.8, 4) is 0 Å². The number of nitrogens with one attached hydrogen (secondary N) is 1. The van der Waals surface area contributed by atoms with Crippen LogP contribution in [-0.4, -0.2) is 11.8 Å². The molecule has 3 heteroatoms. The lowest BCUT2D eigenvalue weighted by molar-refractivity contribution is 0.669. The van der Waals surface area contributed by atoms with E-state index in [2.05, 4.69) is 32.2 Å². The minimum Gasteiger partial charge on any atom is -0.313 e. The van der Waals surface area contributed by atoms with Crippen molar-refractivity contribution in [2.75, 3.05) is 6.54 Å². The molecule has 0 aliphatic heterocycles. The van der Waals surface area contributed by atoms with Gasteiger partial charge in [-0.25, -0.2) is 0 Å². The van der Waals surface area contributed by atoms with Gasteiger partial charge in [0.05, 0.1) is 5.02 Å². The van der Waals surface area contributed by atoms with Crippen LogP contribution in [0, 0.1) is 0 Å². The Bertz CT molecular complexity index is 341. The second-order valence-corrected chi connectivity index (χ2v) is 6.10. The smallest absolute Gasteiger partial charge is 0.0545 e. The van der Waals surface area contributed by atoms with Gasteiger partial charge < -0.3 is 5.32 Å². The number of benzene rings is 1. The van der Waals surface area contributed by atoms with Gasteiger partial charge in [-0.2, -0.15) is 0 Å². The summed E-state index contributed by atoms with van der Waals surface area (Å²) in [5, 5.41) is 4.93. The van der Waals surface area contributed by atoms with Gasteiger partial charge >= 0.3 is 0 Å². The molecule has 0 saturated heterocycles. The Balaban J connectivity index is 2.76. The Hall–Kier alpha value is -0.180. The molecule has 1 aromatic rings. The van der Waals surface area contributed by atoms with Gasteiger partial charge in [-0.1, -0.05) is 44.5 Å². The fourth-order valence-corrected chi connectivity index (χ4v) is 2.88. The van der Waals surface area contributed by atoms with Crippen molar-refractivity contribution in [2.24, 2.45) is 0 Å². The summed E-state index contributed by atoms with van der Waals surface area (Å²) in [4.78, 5) is 1.24. The van der Waals surface area contributed by atoms with Crippen LogP contribution >= 0.6 is 23.4 Å². The van der Waals surface area contributed by atoms with Crippen molar-refractivity contribution in [2.45, 2.75) is 50.3 Å². The summed E-state index contributed by atoms with van der Waals surface area (Å²) in [5.74, 6) is 0. The molecule has 1 unspecified atom stereocenters. The lowest BCUT2D eigenvalue weighted by Gasteiger charge is -2.15. The Morgan fingerprint density at radius 1 is 1.35 bits per heavy atom. The Kier molecular flexibility index (Phi) is 7.02. The molecule has 0 aliphatic carbocycles. The highest BCUT2D eigenvalue weighted by Crippen LogP contribution is 2.34. The fraction of sp³-hybridized carbons (Fsp3) is 0.571. The van der Waals surface area contributed by atoms with Crippen molar-refractivity contribution in [3.05, 3.63) is 28.8 Å². The summed E-state index contributed by atoms with van der Waals surface area (Å²) in [7, 11) is 0. The molecular weight excluding hydrogens is 250 g/mol. The van der Waals surface area contributed by atoms with Crippen molar-refractivity contribution >= 4 is 23.4 Å². The van der Waals surface area contributed by atoms with Crippen LogP contribution in [0.5, 0.6) is 0 Å². The van der Waals surface area contributed by atoms with Crippen LogP contribution in [0.1, 0.15) is 39.2 Å². The maximum Gasteiger partial charge on any atom is 0.0545 e. The van der Waals surface area contributed by atoms with Crippen LogP contribution in [-0.2, 0) is 6.54 Å². The number of rotatable bonds is 7. The minimum absolute atomic E-state index is 0.611. The van der Waals surface area contributed by atoms with E-state index in [1.165, 1.54) is 10.5 Å². The van der Waals surface area contributed by atoms with Crippen molar-refractivity contribution in [1.29, 1.82) is 0 Å². The maximum absolute atomic E-state index is 6.29. The molecule has 1 aromatic carbocycles.